The molecule has 0 aliphatic heterocycles. The molecule has 0 saturated carbocycles. The van der Waals surface area contributed by atoms with Gasteiger partial charge in [-0.1, -0.05) is 26.3 Å². The average molecular weight is 256 g/mol. The van der Waals surface area contributed by atoms with Crippen LogP contribution in [0.15, 0.2) is 12.2 Å². The van der Waals surface area contributed by atoms with Crippen molar-refractivity contribution in [3.8, 4) is 0 Å². The Morgan fingerprint density at radius 1 is 1.22 bits per heavy atom. The van der Waals surface area contributed by atoms with E-state index in [-0.39, 0.29) is 12.6 Å². The van der Waals surface area contributed by atoms with Gasteiger partial charge in [-0.2, -0.15) is 0 Å². The van der Waals surface area contributed by atoms with Gasteiger partial charge in [-0.3, -0.25) is 4.79 Å². The Bertz CT molecular complexity index is 305. The highest BCUT2D eigenvalue weighted by atomic mass is 16.6. The van der Waals surface area contributed by atoms with E-state index in [1.165, 1.54) is 0 Å². The molecule has 0 atom stereocenters. The first-order valence-corrected chi connectivity index (χ1v) is 6.33. The molecule has 0 aliphatic carbocycles. The summed E-state index contributed by atoms with van der Waals surface area (Å²) in [5.74, 6) is -0.718. The van der Waals surface area contributed by atoms with Crippen molar-refractivity contribution in [2.75, 3.05) is 6.61 Å². The van der Waals surface area contributed by atoms with Crippen LogP contribution in [0.1, 0.15) is 53.4 Å². The molecular formula is C14H24O4. The van der Waals surface area contributed by atoms with Crippen molar-refractivity contribution in [3.05, 3.63) is 12.2 Å². The Labute approximate surface area is 109 Å². The zero-order valence-electron chi connectivity index (χ0n) is 11.9. The lowest BCUT2D eigenvalue weighted by atomic mass is 10.1. The van der Waals surface area contributed by atoms with Gasteiger partial charge in [-0.25, -0.2) is 4.79 Å². The molecule has 0 N–H and O–H groups in total. The van der Waals surface area contributed by atoms with Gasteiger partial charge in [-0.15, -0.1) is 0 Å². The van der Waals surface area contributed by atoms with Crippen molar-refractivity contribution in [2.24, 2.45) is 0 Å². The molecular weight excluding hydrogens is 232 g/mol. The van der Waals surface area contributed by atoms with E-state index in [9.17, 15) is 9.59 Å². The molecule has 18 heavy (non-hydrogen) atoms. The minimum absolute atomic E-state index is 0.0399. The van der Waals surface area contributed by atoms with Crippen molar-refractivity contribution in [3.63, 3.8) is 0 Å². The van der Waals surface area contributed by atoms with E-state index >= 15 is 0 Å². The SMILES string of the molecule is C=C(C)C(=O)OCC(C)(C)OC(=O)CCCCC. The predicted molar refractivity (Wildman–Crippen MR) is 70.1 cm³/mol. The lowest BCUT2D eigenvalue weighted by molar-refractivity contribution is -0.167. The van der Waals surface area contributed by atoms with E-state index in [1.807, 2.05) is 0 Å². The highest BCUT2D eigenvalue weighted by Crippen LogP contribution is 2.13. The van der Waals surface area contributed by atoms with Crippen LogP contribution in [0.5, 0.6) is 0 Å². The third kappa shape index (κ3) is 7.87. The smallest absolute Gasteiger partial charge is 0.333 e. The summed E-state index contributed by atoms with van der Waals surface area (Å²) in [6.07, 6.45) is 3.32. The standard InChI is InChI=1S/C14H24O4/c1-6-7-8-9-12(15)18-14(4,5)10-17-13(16)11(2)3/h2,6-10H2,1,3-5H3. The largest absolute Gasteiger partial charge is 0.458 e. The van der Waals surface area contributed by atoms with Crippen molar-refractivity contribution >= 4 is 11.9 Å². The second-order valence-corrected chi connectivity index (χ2v) is 5.05. The molecule has 0 aromatic heterocycles. The van der Waals surface area contributed by atoms with E-state index in [0.717, 1.165) is 19.3 Å². The summed E-state index contributed by atoms with van der Waals surface area (Å²) >= 11 is 0. The zero-order chi connectivity index (χ0) is 14.2. The third-order valence-electron chi connectivity index (χ3n) is 2.27. The van der Waals surface area contributed by atoms with Gasteiger partial charge < -0.3 is 9.47 Å². The van der Waals surface area contributed by atoms with Crippen LogP contribution in [-0.2, 0) is 19.1 Å². The monoisotopic (exact) mass is 256 g/mol. The minimum Gasteiger partial charge on any atom is -0.458 e. The molecule has 0 saturated heterocycles. The first kappa shape index (κ1) is 16.7. The molecule has 0 radical (unpaired) electrons. The summed E-state index contributed by atoms with van der Waals surface area (Å²) in [5, 5.41) is 0. The molecule has 4 nitrogen and oxygen atoms in total. The number of carbonyl (C=O) groups is 2. The number of carbonyl (C=O) groups excluding carboxylic acids is 2. The van der Waals surface area contributed by atoms with Crippen LogP contribution in [0.4, 0.5) is 0 Å². The van der Waals surface area contributed by atoms with Crippen LogP contribution < -0.4 is 0 Å². The van der Waals surface area contributed by atoms with Crippen molar-refractivity contribution in [1.29, 1.82) is 0 Å². The molecule has 0 heterocycles. The molecule has 0 unspecified atom stereocenters. The Kier molecular flexibility index (Phi) is 7.32. The molecule has 0 spiro atoms. The van der Waals surface area contributed by atoms with Crippen LogP contribution in [0.25, 0.3) is 0 Å². The summed E-state index contributed by atoms with van der Waals surface area (Å²) in [6, 6.07) is 0. The fraction of sp³-hybridized carbons (Fsp3) is 0.714. The van der Waals surface area contributed by atoms with Crippen molar-refractivity contribution in [2.45, 2.75) is 59.0 Å². The van der Waals surface area contributed by atoms with E-state index in [4.69, 9.17) is 9.47 Å². The molecule has 0 bridgehead atoms. The number of ether oxygens (including phenoxy) is 2. The van der Waals surface area contributed by atoms with Crippen LogP contribution in [0.2, 0.25) is 0 Å². The molecule has 4 heteroatoms. The second-order valence-electron chi connectivity index (χ2n) is 5.05. The van der Waals surface area contributed by atoms with E-state index < -0.39 is 11.6 Å². The topological polar surface area (TPSA) is 52.6 Å². The summed E-state index contributed by atoms with van der Waals surface area (Å²) < 4.78 is 10.2. The van der Waals surface area contributed by atoms with Gasteiger partial charge in [0.1, 0.15) is 12.2 Å². The van der Waals surface area contributed by atoms with Gasteiger partial charge in [0.25, 0.3) is 0 Å². The second kappa shape index (κ2) is 7.90. The average Bonchev–Trinajstić information content (AvgIpc) is 2.25. The molecule has 0 aromatic rings. The first-order chi connectivity index (χ1) is 8.28. The summed E-state index contributed by atoms with van der Waals surface area (Å²) in [5.41, 5.74) is -0.464. The maximum atomic E-state index is 11.5. The fourth-order valence-corrected chi connectivity index (χ4v) is 1.27. The number of rotatable bonds is 8. The van der Waals surface area contributed by atoms with Gasteiger partial charge in [0.15, 0.2) is 0 Å². The van der Waals surface area contributed by atoms with Crippen LogP contribution >= 0.6 is 0 Å². The van der Waals surface area contributed by atoms with Crippen LogP contribution in [-0.4, -0.2) is 24.1 Å². The number of unbranched alkanes of at least 4 members (excludes halogenated alkanes) is 2. The van der Waals surface area contributed by atoms with Gasteiger partial charge in [0.05, 0.1) is 0 Å². The maximum Gasteiger partial charge on any atom is 0.333 e. The Morgan fingerprint density at radius 2 is 1.83 bits per heavy atom. The third-order valence-corrected chi connectivity index (χ3v) is 2.27. The first-order valence-electron chi connectivity index (χ1n) is 6.33. The van der Waals surface area contributed by atoms with E-state index in [2.05, 4.69) is 13.5 Å². The number of esters is 2. The molecule has 0 aliphatic rings. The van der Waals surface area contributed by atoms with E-state index in [1.54, 1.807) is 20.8 Å². The van der Waals surface area contributed by atoms with Gasteiger partial charge in [-0.05, 0) is 27.2 Å². The number of hydrogen-bond acceptors (Lipinski definition) is 4. The summed E-state index contributed by atoms with van der Waals surface area (Å²) in [6.45, 7) is 10.6. The lowest BCUT2D eigenvalue weighted by Crippen LogP contribution is -2.34. The molecule has 0 amide bonds. The van der Waals surface area contributed by atoms with Gasteiger partial charge in [0.2, 0.25) is 0 Å². The molecule has 0 rings (SSSR count). The van der Waals surface area contributed by atoms with Crippen LogP contribution in [0, 0.1) is 0 Å². The quantitative estimate of drug-likeness (QED) is 0.380. The highest BCUT2D eigenvalue weighted by Gasteiger charge is 2.24. The number of hydrogen-bond donors (Lipinski definition) is 0. The Balaban J connectivity index is 4.02. The summed E-state index contributed by atoms with van der Waals surface area (Å²) in [7, 11) is 0. The van der Waals surface area contributed by atoms with Crippen molar-refractivity contribution in [1.82, 2.24) is 0 Å². The Hall–Kier alpha value is -1.32. The summed E-state index contributed by atoms with van der Waals surface area (Å²) in [4.78, 5) is 22.8. The van der Waals surface area contributed by atoms with E-state index in [0.29, 0.717) is 12.0 Å². The van der Waals surface area contributed by atoms with Crippen molar-refractivity contribution < 1.29 is 19.1 Å². The fourth-order valence-electron chi connectivity index (χ4n) is 1.27. The van der Waals surface area contributed by atoms with Crippen LogP contribution in [0.3, 0.4) is 0 Å². The lowest BCUT2D eigenvalue weighted by Gasteiger charge is -2.24. The highest BCUT2D eigenvalue weighted by molar-refractivity contribution is 5.86. The Morgan fingerprint density at radius 3 is 2.33 bits per heavy atom. The molecule has 0 aromatic carbocycles. The normalized spacial score (nSPS) is 10.9. The molecule has 0 fully saturated rings. The van der Waals surface area contributed by atoms with Gasteiger partial charge >= 0.3 is 11.9 Å². The zero-order valence-corrected chi connectivity index (χ0v) is 11.9. The van der Waals surface area contributed by atoms with Gasteiger partial charge in [0, 0.05) is 12.0 Å². The molecule has 104 valence electrons. The predicted octanol–water partition coefficient (Wildman–Crippen LogP) is 3.01. The maximum absolute atomic E-state index is 11.5. The minimum atomic E-state index is -0.797.